The van der Waals surface area contributed by atoms with Gasteiger partial charge in [-0.15, -0.1) is 0 Å². The van der Waals surface area contributed by atoms with Crippen LogP contribution in [0, 0.1) is 0 Å². The molecule has 0 aliphatic carbocycles. The molecule has 1 aliphatic rings. The number of hydrogen-bond donors (Lipinski definition) is 3. The van der Waals surface area contributed by atoms with E-state index in [1.807, 2.05) is 0 Å². The minimum absolute atomic E-state index is 0.0566. The van der Waals surface area contributed by atoms with Crippen LogP contribution in [0.3, 0.4) is 0 Å². The number of nitrogens with two attached hydrogens (primary N) is 1. The molecule has 2 rings (SSSR count). The Morgan fingerprint density at radius 1 is 1.33 bits per heavy atom. The van der Waals surface area contributed by atoms with Crippen LogP contribution in [0.4, 0.5) is 0 Å². The maximum absolute atomic E-state index is 12.4. The van der Waals surface area contributed by atoms with Gasteiger partial charge in [-0.25, -0.2) is 8.42 Å². The molecule has 9 heteroatoms. The molecule has 1 aromatic rings. The highest BCUT2D eigenvalue weighted by Gasteiger charge is 2.37. The van der Waals surface area contributed by atoms with E-state index >= 15 is 0 Å². The third kappa shape index (κ3) is 2.86. The molecule has 1 aromatic carbocycles. The van der Waals surface area contributed by atoms with Crippen molar-refractivity contribution < 1.29 is 28.2 Å². The predicted molar refractivity (Wildman–Crippen MR) is 72.3 cm³/mol. The van der Waals surface area contributed by atoms with E-state index in [1.165, 1.54) is 19.2 Å². The van der Waals surface area contributed by atoms with E-state index in [0.717, 1.165) is 10.4 Å². The van der Waals surface area contributed by atoms with Crippen LogP contribution in [0.1, 0.15) is 10.4 Å². The maximum atomic E-state index is 12.4. The van der Waals surface area contributed by atoms with Gasteiger partial charge in [0.2, 0.25) is 10.0 Å². The lowest BCUT2D eigenvalue weighted by atomic mass is 10.2. The number of rotatable bonds is 4. The van der Waals surface area contributed by atoms with Gasteiger partial charge in [0.25, 0.3) is 5.91 Å². The average Bonchev–Trinajstić information content (AvgIpc) is 2.78. The molecule has 116 valence electrons. The molecule has 0 unspecified atom stereocenters. The van der Waals surface area contributed by atoms with Gasteiger partial charge in [-0.2, -0.15) is 4.31 Å². The lowest BCUT2D eigenvalue weighted by molar-refractivity contribution is 0.0572. The highest BCUT2D eigenvalue weighted by molar-refractivity contribution is 7.89. The Balaban J connectivity index is 2.42. The molecule has 0 bridgehead atoms. The van der Waals surface area contributed by atoms with Crippen LogP contribution < -0.4 is 10.5 Å². The Labute approximate surface area is 121 Å². The Kier molecular flexibility index (Phi) is 4.19. The van der Waals surface area contributed by atoms with Gasteiger partial charge in [0, 0.05) is 13.1 Å². The monoisotopic (exact) mass is 316 g/mol. The van der Waals surface area contributed by atoms with E-state index in [4.69, 9.17) is 10.5 Å². The molecule has 21 heavy (non-hydrogen) atoms. The van der Waals surface area contributed by atoms with E-state index < -0.39 is 28.1 Å². The van der Waals surface area contributed by atoms with E-state index in [2.05, 4.69) is 0 Å². The molecule has 0 aromatic heterocycles. The normalized spacial score (nSPS) is 23.2. The van der Waals surface area contributed by atoms with Crippen molar-refractivity contribution in [1.29, 1.82) is 0 Å². The van der Waals surface area contributed by atoms with Crippen LogP contribution in [0.5, 0.6) is 5.75 Å². The highest BCUT2D eigenvalue weighted by Crippen LogP contribution is 2.26. The van der Waals surface area contributed by atoms with Gasteiger partial charge >= 0.3 is 0 Å². The van der Waals surface area contributed by atoms with Gasteiger partial charge < -0.3 is 20.7 Å². The van der Waals surface area contributed by atoms with Crippen molar-refractivity contribution >= 4 is 15.9 Å². The number of carbonyl (C=O) groups is 1. The summed E-state index contributed by atoms with van der Waals surface area (Å²) >= 11 is 0. The average molecular weight is 316 g/mol. The number of ether oxygens (including phenoxy) is 1. The van der Waals surface area contributed by atoms with Crippen molar-refractivity contribution in [2.24, 2.45) is 5.73 Å². The summed E-state index contributed by atoms with van der Waals surface area (Å²) in [6.07, 6.45) is -2.26. The lowest BCUT2D eigenvalue weighted by Gasteiger charge is -2.16. The summed E-state index contributed by atoms with van der Waals surface area (Å²) in [5.41, 5.74) is 5.14. The van der Waals surface area contributed by atoms with E-state index in [-0.39, 0.29) is 29.3 Å². The van der Waals surface area contributed by atoms with Crippen LogP contribution >= 0.6 is 0 Å². The van der Waals surface area contributed by atoms with Crippen LogP contribution in [0.2, 0.25) is 0 Å². The van der Waals surface area contributed by atoms with Crippen LogP contribution in [-0.4, -0.2) is 61.3 Å². The van der Waals surface area contributed by atoms with Gasteiger partial charge in [-0.3, -0.25) is 4.79 Å². The summed E-state index contributed by atoms with van der Waals surface area (Å²) in [5.74, 6) is -0.645. The number of aliphatic hydroxyl groups excluding tert-OH is 2. The molecule has 0 saturated carbocycles. The molecule has 4 N–H and O–H groups in total. The number of methoxy groups -OCH3 is 1. The second-order valence-electron chi connectivity index (χ2n) is 4.68. The number of amides is 1. The molecular weight excluding hydrogens is 300 g/mol. The largest absolute Gasteiger partial charge is 0.496 e. The number of sulfonamides is 1. The van der Waals surface area contributed by atoms with Crippen molar-refractivity contribution in [2.75, 3.05) is 20.2 Å². The van der Waals surface area contributed by atoms with Crippen molar-refractivity contribution in [3.8, 4) is 5.75 Å². The Hall–Kier alpha value is -1.68. The fourth-order valence-electron chi connectivity index (χ4n) is 2.12. The second kappa shape index (κ2) is 5.60. The molecule has 8 nitrogen and oxygen atoms in total. The third-order valence-electron chi connectivity index (χ3n) is 3.30. The fourth-order valence-corrected chi connectivity index (χ4v) is 3.62. The predicted octanol–water partition coefficient (Wildman–Crippen LogP) is -1.48. The summed E-state index contributed by atoms with van der Waals surface area (Å²) in [6.45, 7) is -0.414. The van der Waals surface area contributed by atoms with E-state index in [9.17, 15) is 23.4 Å². The Morgan fingerprint density at radius 3 is 2.38 bits per heavy atom. The summed E-state index contributed by atoms with van der Waals surface area (Å²) < 4.78 is 30.7. The maximum Gasteiger partial charge on any atom is 0.252 e. The van der Waals surface area contributed by atoms with Crippen molar-refractivity contribution in [2.45, 2.75) is 17.1 Å². The number of hydrogen-bond acceptors (Lipinski definition) is 6. The fraction of sp³-hybridized carbons (Fsp3) is 0.417. The molecule has 0 spiro atoms. The first-order valence-electron chi connectivity index (χ1n) is 6.11. The van der Waals surface area contributed by atoms with Crippen LogP contribution in [0.15, 0.2) is 23.1 Å². The minimum Gasteiger partial charge on any atom is -0.496 e. The van der Waals surface area contributed by atoms with Gasteiger partial charge in [-0.1, -0.05) is 0 Å². The van der Waals surface area contributed by atoms with Gasteiger partial charge in [0.15, 0.2) is 0 Å². The summed E-state index contributed by atoms with van der Waals surface area (Å²) in [5, 5.41) is 18.9. The number of carbonyl (C=O) groups excluding carboxylic acids is 1. The molecule has 1 heterocycles. The zero-order valence-corrected chi connectivity index (χ0v) is 12.1. The number of β-amino-alcohol motifs (C(OH)–C–C–N with tert-alkyl or cyclic N) is 2. The summed E-state index contributed by atoms with van der Waals surface area (Å²) in [7, 11) is -2.60. The number of nitrogens with zero attached hydrogens (tertiary/aromatic N) is 1. The zero-order valence-electron chi connectivity index (χ0n) is 11.3. The Bertz CT molecular complexity index is 650. The van der Waals surface area contributed by atoms with Crippen LogP contribution in [-0.2, 0) is 10.0 Å². The first-order chi connectivity index (χ1) is 9.77. The zero-order chi connectivity index (χ0) is 15.8. The minimum atomic E-state index is -3.94. The molecule has 2 atom stereocenters. The molecule has 0 radical (unpaired) electrons. The van der Waals surface area contributed by atoms with Gasteiger partial charge in [-0.05, 0) is 18.2 Å². The third-order valence-corrected chi connectivity index (χ3v) is 5.13. The number of aliphatic hydroxyl groups is 2. The number of benzene rings is 1. The van der Waals surface area contributed by atoms with Crippen molar-refractivity contribution in [3.05, 3.63) is 23.8 Å². The van der Waals surface area contributed by atoms with Crippen molar-refractivity contribution in [3.63, 3.8) is 0 Å². The lowest BCUT2D eigenvalue weighted by Crippen LogP contribution is -2.30. The molecule has 1 amide bonds. The van der Waals surface area contributed by atoms with Crippen molar-refractivity contribution in [1.82, 2.24) is 4.31 Å². The standard InChI is InChI=1S/C12H16N2O6S/c1-20-11-3-2-7(4-8(11)12(13)17)21(18,19)14-5-9(15)10(16)6-14/h2-4,9-10,15-16H,5-6H2,1H3,(H2,13,17)/t9-,10+. The molecular formula is C12H16N2O6S. The SMILES string of the molecule is COc1ccc(S(=O)(=O)N2C[C@@H](O)[C@@H](O)C2)cc1C(N)=O. The van der Waals surface area contributed by atoms with Gasteiger partial charge in [0.05, 0.1) is 29.8 Å². The second-order valence-corrected chi connectivity index (χ2v) is 6.62. The van der Waals surface area contributed by atoms with Crippen LogP contribution in [0.25, 0.3) is 0 Å². The smallest absolute Gasteiger partial charge is 0.252 e. The topological polar surface area (TPSA) is 130 Å². The molecule has 1 fully saturated rings. The first kappa shape index (κ1) is 15.7. The summed E-state index contributed by atoms with van der Waals surface area (Å²) in [6, 6.07) is 3.72. The summed E-state index contributed by atoms with van der Waals surface area (Å²) in [4.78, 5) is 11.2. The quantitative estimate of drug-likeness (QED) is 0.621. The van der Waals surface area contributed by atoms with Gasteiger partial charge in [0.1, 0.15) is 5.75 Å². The highest BCUT2D eigenvalue weighted by atomic mass is 32.2. The van der Waals surface area contributed by atoms with E-state index in [1.54, 1.807) is 0 Å². The molecule has 1 aliphatic heterocycles. The number of primary amides is 1. The first-order valence-corrected chi connectivity index (χ1v) is 7.55. The molecule has 1 saturated heterocycles. The Morgan fingerprint density at radius 2 is 1.90 bits per heavy atom. The van der Waals surface area contributed by atoms with E-state index in [0.29, 0.717) is 0 Å².